The van der Waals surface area contributed by atoms with Gasteiger partial charge in [-0.05, 0) is 40.8 Å². The van der Waals surface area contributed by atoms with E-state index in [1.54, 1.807) is 15.5 Å². The Balaban J connectivity index is 1.85. The van der Waals surface area contributed by atoms with Crippen LogP contribution >= 0.6 is 15.9 Å². The summed E-state index contributed by atoms with van der Waals surface area (Å²) >= 11 is 3.36. The Kier molecular flexibility index (Phi) is 3.16. The molecule has 1 aromatic rings. The van der Waals surface area contributed by atoms with Crippen LogP contribution in [0.3, 0.4) is 0 Å². The second kappa shape index (κ2) is 4.62. The molecule has 0 aromatic carbocycles. The Morgan fingerprint density at radius 2 is 2.25 bits per heavy atom. The predicted octanol–water partition coefficient (Wildman–Crippen LogP) is 2.11. The maximum Gasteiger partial charge on any atom is 0.311 e. The van der Waals surface area contributed by atoms with Crippen LogP contribution in [-0.4, -0.2) is 39.5 Å². The minimum atomic E-state index is -0.747. The van der Waals surface area contributed by atoms with Gasteiger partial charge in [0.15, 0.2) is 0 Å². The summed E-state index contributed by atoms with van der Waals surface area (Å²) in [4.78, 5) is 25.9. The zero-order chi connectivity index (χ0) is 14.5. The molecule has 108 valence electrons. The van der Waals surface area contributed by atoms with Gasteiger partial charge in [0.2, 0.25) is 0 Å². The SMILES string of the molecule is Cn1cc(Br)cc1C(=O)N1C[C@@H]2CCC[C@@]2(C(=O)O)C1. The average Bonchev–Trinajstić information content (AvgIpc) is 2.99. The summed E-state index contributed by atoms with van der Waals surface area (Å²) in [5.74, 6) is -0.718. The van der Waals surface area contributed by atoms with E-state index in [1.807, 2.05) is 13.2 Å². The summed E-state index contributed by atoms with van der Waals surface area (Å²) in [6, 6.07) is 1.78. The lowest BCUT2D eigenvalue weighted by molar-refractivity contribution is -0.149. The molecule has 20 heavy (non-hydrogen) atoms. The molecule has 2 fully saturated rings. The van der Waals surface area contributed by atoms with Gasteiger partial charge in [-0.3, -0.25) is 9.59 Å². The molecular weight excluding hydrogens is 324 g/mol. The first-order valence-electron chi connectivity index (χ1n) is 6.78. The molecule has 2 heterocycles. The zero-order valence-electron chi connectivity index (χ0n) is 11.3. The van der Waals surface area contributed by atoms with Crippen LogP contribution in [0.15, 0.2) is 16.7 Å². The first-order chi connectivity index (χ1) is 9.44. The molecule has 2 atom stereocenters. The summed E-state index contributed by atoms with van der Waals surface area (Å²) in [6.45, 7) is 0.905. The van der Waals surface area contributed by atoms with Crippen LogP contribution in [0.5, 0.6) is 0 Å². The number of carboxylic acid groups (broad SMARTS) is 1. The number of likely N-dealkylation sites (tertiary alicyclic amines) is 1. The van der Waals surface area contributed by atoms with Gasteiger partial charge in [0, 0.05) is 30.8 Å². The number of nitrogens with zero attached hydrogens (tertiary/aromatic N) is 2. The molecule has 1 saturated carbocycles. The fourth-order valence-electron chi connectivity index (χ4n) is 3.69. The summed E-state index contributed by atoms with van der Waals surface area (Å²) in [5.41, 5.74) is -0.115. The number of fused-ring (bicyclic) bond motifs is 1. The molecule has 0 bridgehead atoms. The Hall–Kier alpha value is -1.30. The minimum absolute atomic E-state index is 0.0757. The van der Waals surface area contributed by atoms with Crippen molar-refractivity contribution in [1.29, 1.82) is 0 Å². The van der Waals surface area contributed by atoms with E-state index in [9.17, 15) is 14.7 Å². The number of hydrogen-bond donors (Lipinski definition) is 1. The first kappa shape index (κ1) is 13.7. The van der Waals surface area contributed by atoms with Crippen LogP contribution in [0.25, 0.3) is 0 Å². The second-order valence-electron chi connectivity index (χ2n) is 5.89. The van der Waals surface area contributed by atoms with Crippen molar-refractivity contribution in [3.8, 4) is 0 Å². The van der Waals surface area contributed by atoms with Crippen molar-refractivity contribution in [2.24, 2.45) is 18.4 Å². The molecule has 3 rings (SSSR count). The lowest BCUT2D eigenvalue weighted by Gasteiger charge is -2.23. The topological polar surface area (TPSA) is 62.5 Å². The number of rotatable bonds is 2. The standard InChI is InChI=1S/C14H17BrN2O3/c1-16-7-10(15)5-11(16)12(18)17-6-9-3-2-4-14(9,8-17)13(19)20/h5,7,9H,2-4,6,8H2,1H3,(H,19,20)/t9-,14+/m0/s1. The highest BCUT2D eigenvalue weighted by Gasteiger charge is 2.55. The van der Waals surface area contributed by atoms with Gasteiger partial charge in [-0.1, -0.05) is 6.42 Å². The third-order valence-electron chi connectivity index (χ3n) is 4.77. The molecule has 0 unspecified atom stereocenters. The summed E-state index contributed by atoms with van der Waals surface area (Å²) < 4.78 is 2.63. The van der Waals surface area contributed by atoms with E-state index >= 15 is 0 Å². The number of carbonyl (C=O) groups is 2. The van der Waals surface area contributed by atoms with Crippen molar-refractivity contribution in [3.63, 3.8) is 0 Å². The smallest absolute Gasteiger partial charge is 0.311 e. The van der Waals surface area contributed by atoms with Gasteiger partial charge < -0.3 is 14.6 Å². The molecule has 0 radical (unpaired) electrons. The Morgan fingerprint density at radius 3 is 2.80 bits per heavy atom. The fraction of sp³-hybridized carbons (Fsp3) is 0.571. The summed E-state index contributed by atoms with van der Waals surface area (Å²) in [6.07, 6.45) is 4.38. The van der Waals surface area contributed by atoms with Crippen molar-refractivity contribution in [2.45, 2.75) is 19.3 Å². The number of amides is 1. The number of aromatic nitrogens is 1. The monoisotopic (exact) mass is 340 g/mol. The molecule has 1 N–H and O–H groups in total. The molecule has 1 amide bonds. The van der Waals surface area contributed by atoms with Crippen LogP contribution in [0.1, 0.15) is 29.8 Å². The van der Waals surface area contributed by atoms with Crippen LogP contribution in [0, 0.1) is 11.3 Å². The third-order valence-corrected chi connectivity index (χ3v) is 5.21. The van der Waals surface area contributed by atoms with Gasteiger partial charge in [-0.25, -0.2) is 0 Å². The van der Waals surface area contributed by atoms with E-state index in [2.05, 4.69) is 15.9 Å². The summed E-state index contributed by atoms with van der Waals surface area (Å²) in [5, 5.41) is 9.55. The van der Waals surface area contributed by atoms with E-state index in [0.717, 1.165) is 17.3 Å². The largest absolute Gasteiger partial charge is 0.481 e. The van der Waals surface area contributed by atoms with Gasteiger partial charge in [0.1, 0.15) is 5.69 Å². The van der Waals surface area contributed by atoms with Crippen LogP contribution in [0.2, 0.25) is 0 Å². The summed E-state index contributed by atoms with van der Waals surface area (Å²) in [7, 11) is 1.82. The highest BCUT2D eigenvalue weighted by atomic mass is 79.9. The highest BCUT2D eigenvalue weighted by molar-refractivity contribution is 9.10. The van der Waals surface area contributed by atoms with Crippen LogP contribution in [-0.2, 0) is 11.8 Å². The van der Waals surface area contributed by atoms with E-state index in [1.165, 1.54) is 0 Å². The maximum atomic E-state index is 12.6. The Labute approximate surface area is 125 Å². The number of halogens is 1. The fourth-order valence-corrected chi connectivity index (χ4v) is 4.22. The molecule has 1 aliphatic heterocycles. The van der Waals surface area contributed by atoms with Gasteiger partial charge >= 0.3 is 5.97 Å². The third kappa shape index (κ3) is 1.89. The van der Waals surface area contributed by atoms with Crippen LogP contribution < -0.4 is 0 Å². The molecule has 6 heteroatoms. The average molecular weight is 341 g/mol. The molecule has 5 nitrogen and oxygen atoms in total. The maximum absolute atomic E-state index is 12.6. The number of carboxylic acids is 1. The molecule has 1 saturated heterocycles. The van der Waals surface area contributed by atoms with Crippen molar-refractivity contribution in [1.82, 2.24) is 9.47 Å². The number of aryl methyl sites for hydroxylation is 1. The Morgan fingerprint density at radius 1 is 1.50 bits per heavy atom. The van der Waals surface area contributed by atoms with Crippen molar-refractivity contribution in [2.75, 3.05) is 13.1 Å². The number of carbonyl (C=O) groups excluding carboxylic acids is 1. The van der Waals surface area contributed by atoms with Crippen molar-refractivity contribution >= 4 is 27.8 Å². The van der Waals surface area contributed by atoms with E-state index in [0.29, 0.717) is 25.2 Å². The minimum Gasteiger partial charge on any atom is -0.481 e. The van der Waals surface area contributed by atoms with Crippen LogP contribution in [0.4, 0.5) is 0 Å². The number of aliphatic carboxylic acids is 1. The molecular formula is C14H17BrN2O3. The molecule has 1 aliphatic carbocycles. The van der Waals surface area contributed by atoms with E-state index in [4.69, 9.17) is 0 Å². The first-order valence-corrected chi connectivity index (χ1v) is 7.58. The van der Waals surface area contributed by atoms with Gasteiger partial charge in [0.25, 0.3) is 5.91 Å². The van der Waals surface area contributed by atoms with E-state index < -0.39 is 11.4 Å². The van der Waals surface area contributed by atoms with Crippen molar-refractivity contribution < 1.29 is 14.7 Å². The second-order valence-corrected chi connectivity index (χ2v) is 6.81. The molecule has 0 spiro atoms. The number of hydrogen-bond acceptors (Lipinski definition) is 2. The zero-order valence-corrected chi connectivity index (χ0v) is 12.9. The highest BCUT2D eigenvalue weighted by Crippen LogP contribution is 2.49. The predicted molar refractivity (Wildman–Crippen MR) is 76.4 cm³/mol. The Bertz CT molecular complexity index is 583. The van der Waals surface area contributed by atoms with Gasteiger partial charge in [-0.2, -0.15) is 0 Å². The van der Waals surface area contributed by atoms with Crippen molar-refractivity contribution in [3.05, 3.63) is 22.4 Å². The lowest BCUT2D eigenvalue weighted by atomic mass is 9.81. The lowest BCUT2D eigenvalue weighted by Crippen LogP contribution is -2.37. The molecule has 1 aromatic heterocycles. The normalized spacial score (nSPS) is 28.7. The quantitative estimate of drug-likeness (QED) is 0.896. The van der Waals surface area contributed by atoms with E-state index in [-0.39, 0.29) is 11.8 Å². The van der Waals surface area contributed by atoms with Gasteiger partial charge in [0.05, 0.1) is 5.41 Å². The molecule has 2 aliphatic rings. The van der Waals surface area contributed by atoms with Gasteiger partial charge in [-0.15, -0.1) is 0 Å².